The minimum Gasteiger partial charge on any atom is -0.508 e. The number of phenols is 1. The zero-order valence-corrected chi connectivity index (χ0v) is 9.45. The molecule has 0 fully saturated rings. The van der Waals surface area contributed by atoms with Crippen LogP contribution in [-0.4, -0.2) is 5.11 Å². The van der Waals surface area contributed by atoms with Crippen LogP contribution in [0.4, 0.5) is 0 Å². The molecule has 1 atom stereocenters. The highest BCUT2D eigenvalue weighted by atomic mass is 16.3. The second kappa shape index (κ2) is 6.46. The van der Waals surface area contributed by atoms with Crippen molar-refractivity contribution in [3.05, 3.63) is 29.8 Å². The fraction of sp³-hybridized carbons (Fsp3) is 0.538. The molecular weight excluding hydrogens is 186 g/mol. The summed E-state index contributed by atoms with van der Waals surface area (Å²) in [5.74, 6) is 0.320. The van der Waals surface area contributed by atoms with Gasteiger partial charge in [0.15, 0.2) is 0 Å². The largest absolute Gasteiger partial charge is 0.508 e. The molecule has 15 heavy (non-hydrogen) atoms. The third kappa shape index (κ3) is 3.92. The smallest absolute Gasteiger partial charge is 0.120 e. The lowest BCUT2D eigenvalue weighted by atomic mass is 10.0. The maximum atomic E-state index is 9.60. The molecule has 3 N–H and O–H groups in total. The van der Waals surface area contributed by atoms with Gasteiger partial charge in [-0.05, 0) is 12.5 Å². The Bertz CT molecular complexity index is 286. The second-order valence-corrected chi connectivity index (χ2v) is 4.01. The van der Waals surface area contributed by atoms with Crippen LogP contribution in [0.3, 0.4) is 0 Å². The van der Waals surface area contributed by atoms with E-state index in [1.165, 1.54) is 19.3 Å². The zero-order chi connectivity index (χ0) is 11.1. The van der Waals surface area contributed by atoms with E-state index in [2.05, 4.69) is 6.92 Å². The minimum atomic E-state index is -0.0249. The van der Waals surface area contributed by atoms with Crippen molar-refractivity contribution in [2.75, 3.05) is 0 Å². The topological polar surface area (TPSA) is 46.2 Å². The maximum absolute atomic E-state index is 9.60. The molecule has 0 aliphatic rings. The highest BCUT2D eigenvalue weighted by Gasteiger charge is 2.09. The number of rotatable bonds is 6. The van der Waals surface area contributed by atoms with Crippen molar-refractivity contribution in [2.45, 2.75) is 45.1 Å². The molecule has 0 aliphatic heterocycles. The summed E-state index contributed by atoms with van der Waals surface area (Å²) >= 11 is 0. The summed E-state index contributed by atoms with van der Waals surface area (Å²) < 4.78 is 0. The van der Waals surface area contributed by atoms with E-state index >= 15 is 0 Å². The molecule has 0 unspecified atom stereocenters. The van der Waals surface area contributed by atoms with E-state index in [1.807, 2.05) is 18.2 Å². The monoisotopic (exact) mass is 207 g/mol. The Morgan fingerprint density at radius 1 is 1.20 bits per heavy atom. The quantitative estimate of drug-likeness (QED) is 0.702. The summed E-state index contributed by atoms with van der Waals surface area (Å²) in [6, 6.07) is 7.31. The van der Waals surface area contributed by atoms with Gasteiger partial charge in [0.1, 0.15) is 5.75 Å². The normalized spacial score (nSPS) is 12.7. The maximum Gasteiger partial charge on any atom is 0.120 e. The summed E-state index contributed by atoms with van der Waals surface area (Å²) in [6.07, 6.45) is 5.85. The van der Waals surface area contributed by atoms with E-state index in [-0.39, 0.29) is 6.04 Å². The average Bonchev–Trinajstić information content (AvgIpc) is 2.25. The lowest BCUT2D eigenvalue weighted by Crippen LogP contribution is -2.10. The van der Waals surface area contributed by atoms with Crippen molar-refractivity contribution in [3.8, 4) is 5.75 Å². The van der Waals surface area contributed by atoms with Crippen LogP contribution in [0, 0.1) is 0 Å². The highest BCUT2D eigenvalue weighted by molar-refractivity contribution is 5.34. The number of unbranched alkanes of at least 4 members (excludes halogenated alkanes) is 3. The molecule has 0 aliphatic carbocycles. The first-order valence-corrected chi connectivity index (χ1v) is 5.79. The molecule has 0 saturated carbocycles. The molecule has 0 aromatic heterocycles. The first-order chi connectivity index (χ1) is 7.25. The van der Waals surface area contributed by atoms with Crippen LogP contribution < -0.4 is 5.73 Å². The first kappa shape index (κ1) is 12.1. The Morgan fingerprint density at radius 3 is 2.60 bits per heavy atom. The van der Waals surface area contributed by atoms with E-state index in [4.69, 9.17) is 5.73 Å². The van der Waals surface area contributed by atoms with Gasteiger partial charge in [-0.2, -0.15) is 0 Å². The van der Waals surface area contributed by atoms with Gasteiger partial charge in [-0.3, -0.25) is 0 Å². The van der Waals surface area contributed by atoms with Gasteiger partial charge in [0, 0.05) is 11.6 Å². The Balaban J connectivity index is 2.40. The van der Waals surface area contributed by atoms with Crippen LogP contribution in [0.25, 0.3) is 0 Å². The fourth-order valence-corrected chi connectivity index (χ4v) is 1.75. The zero-order valence-electron chi connectivity index (χ0n) is 9.45. The molecule has 1 aromatic rings. The van der Waals surface area contributed by atoms with Crippen molar-refractivity contribution < 1.29 is 5.11 Å². The van der Waals surface area contributed by atoms with Crippen LogP contribution in [0.15, 0.2) is 24.3 Å². The summed E-state index contributed by atoms with van der Waals surface area (Å²) in [5.41, 5.74) is 6.89. The van der Waals surface area contributed by atoms with Crippen LogP contribution in [0.2, 0.25) is 0 Å². The van der Waals surface area contributed by atoms with E-state index in [1.54, 1.807) is 6.07 Å². The molecule has 0 radical (unpaired) electrons. The fourth-order valence-electron chi connectivity index (χ4n) is 1.75. The molecule has 0 saturated heterocycles. The van der Waals surface area contributed by atoms with Gasteiger partial charge >= 0.3 is 0 Å². The summed E-state index contributed by atoms with van der Waals surface area (Å²) in [6.45, 7) is 2.20. The first-order valence-electron chi connectivity index (χ1n) is 5.79. The van der Waals surface area contributed by atoms with Crippen molar-refractivity contribution >= 4 is 0 Å². The molecule has 84 valence electrons. The van der Waals surface area contributed by atoms with Crippen molar-refractivity contribution in [1.29, 1.82) is 0 Å². The predicted octanol–water partition coefficient (Wildman–Crippen LogP) is 3.36. The van der Waals surface area contributed by atoms with Crippen LogP contribution >= 0.6 is 0 Å². The van der Waals surface area contributed by atoms with Gasteiger partial charge in [-0.1, -0.05) is 50.8 Å². The number of benzene rings is 1. The Morgan fingerprint density at radius 2 is 1.93 bits per heavy atom. The number of phenolic OH excluding ortho intramolecular Hbond substituents is 1. The second-order valence-electron chi connectivity index (χ2n) is 4.01. The van der Waals surface area contributed by atoms with Gasteiger partial charge in [0.05, 0.1) is 0 Å². The summed E-state index contributed by atoms with van der Waals surface area (Å²) in [4.78, 5) is 0. The molecule has 0 amide bonds. The molecule has 1 aromatic carbocycles. The van der Waals surface area contributed by atoms with Gasteiger partial charge in [-0.25, -0.2) is 0 Å². The van der Waals surface area contributed by atoms with Crippen molar-refractivity contribution in [1.82, 2.24) is 0 Å². The van der Waals surface area contributed by atoms with Gasteiger partial charge < -0.3 is 10.8 Å². The number of nitrogens with two attached hydrogens (primary N) is 1. The SMILES string of the molecule is CCCCCC[C@H](N)c1ccccc1O. The molecule has 0 spiro atoms. The number of hydrogen-bond acceptors (Lipinski definition) is 2. The molecule has 2 nitrogen and oxygen atoms in total. The van der Waals surface area contributed by atoms with E-state index < -0.39 is 0 Å². The minimum absolute atomic E-state index is 0.0249. The lowest BCUT2D eigenvalue weighted by molar-refractivity contribution is 0.455. The Kier molecular flexibility index (Phi) is 5.19. The highest BCUT2D eigenvalue weighted by Crippen LogP contribution is 2.25. The standard InChI is InChI=1S/C13H21NO/c1-2-3-4-5-9-12(14)11-8-6-7-10-13(11)15/h6-8,10,12,15H,2-5,9,14H2,1H3/t12-/m0/s1. The number of para-hydroxylation sites is 1. The number of hydrogen-bond donors (Lipinski definition) is 2. The third-order valence-corrected chi connectivity index (χ3v) is 2.70. The van der Waals surface area contributed by atoms with Gasteiger partial charge in [0.25, 0.3) is 0 Å². The summed E-state index contributed by atoms with van der Waals surface area (Å²) in [7, 11) is 0. The Labute approximate surface area is 92.1 Å². The van der Waals surface area contributed by atoms with Crippen LogP contribution in [0.1, 0.15) is 50.6 Å². The third-order valence-electron chi connectivity index (χ3n) is 2.70. The van der Waals surface area contributed by atoms with Crippen LogP contribution in [0.5, 0.6) is 5.75 Å². The number of aromatic hydroxyl groups is 1. The lowest BCUT2D eigenvalue weighted by Gasteiger charge is -2.13. The van der Waals surface area contributed by atoms with E-state index in [0.29, 0.717) is 5.75 Å². The van der Waals surface area contributed by atoms with Crippen molar-refractivity contribution in [2.24, 2.45) is 5.73 Å². The molecule has 1 rings (SSSR count). The molecule has 2 heteroatoms. The van der Waals surface area contributed by atoms with Gasteiger partial charge in [0.2, 0.25) is 0 Å². The van der Waals surface area contributed by atoms with Crippen LogP contribution in [-0.2, 0) is 0 Å². The molecule has 0 bridgehead atoms. The molecular formula is C13H21NO. The van der Waals surface area contributed by atoms with Crippen molar-refractivity contribution in [3.63, 3.8) is 0 Å². The predicted molar refractivity (Wildman–Crippen MR) is 63.8 cm³/mol. The average molecular weight is 207 g/mol. The van der Waals surface area contributed by atoms with E-state index in [9.17, 15) is 5.11 Å². The van der Waals surface area contributed by atoms with E-state index in [0.717, 1.165) is 18.4 Å². The Hall–Kier alpha value is -1.02. The molecule has 0 heterocycles. The van der Waals surface area contributed by atoms with Gasteiger partial charge in [-0.15, -0.1) is 0 Å². The summed E-state index contributed by atoms with van der Waals surface area (Å²) in [5, 5.41) is 9.60.